The van der Waals surface area contributed by atoms with E-state index in [4.69, 9.17) is 0 Å². The van der Waals surface area contributed by atoms with Crippen molar-refractivity contribution in [3.05, 3.63) is 62.9 Å². The highest BCUT2D eigenvalue weighted by atomic mass is 32.2. The van der Waals surface area contributed by atoms with Gasteiger partial charge in [-0.15, -0.1) is 10.2 Å². The average molecular weight is 466 g/mol. The lowest BCUT2D eigenvalue weighted by atomic mass is 10.0. The summed E-state index contributed by atoms with van der Waals surface area (Å²) in [6.45, 7) is 10.8. The van der Waals surface area contributed by atoms with Crippen LogP contribution in [0.3, 0.4) is 0 Å². The van der Waals surface area contributed by atoms with Gasteiger partial charge in [0.25, 0.3) is 5.56 Å². The van der Waals surface area contributed by atoms with Crippen LogP contribution in [0.1, 0.15) is 36.1 Å². The zero-order valence-electron chi connectivity index (χ0n) is 19.5. The van der Waals surface area contributed by atoms with Crippen LogP contribution in [0.4, 0.5) is 11.4 Å². The molecule has 0 bridgehead atoms. The fraction of sp³-hybridized carbons (Fsp3) is 0.292. The number of anilines is 2. The number of hydrogen-bond donors (Lipinski definition) is 3. The quantitative estimate of drug-likeness (QED) is 0.471. The fourth-order valence-electron chi connectivity index (χ4n) is 3.39. The Labute approximate surface area is 196 Å². The number of carbonyl (C=O) groups excluding carboxylic acids is 2. The Hall–Kier alpha value is -3.46. The Morgan fingerprint density at radius 2 is 1.76 bits per heavy atom. The maximum Gasteiger partial charge on any atom is 0.278 e. The maximum absolute atomic E-state index is 12.8. The van der Waals surface area contributed by atoms with E-state index in [0.717, 1.165) is 39.7 Å². The zero-order valence-corrected chi connectivity index (χ0v) is 20.3. The largest absolute Gasteiger partial charge is 0.325 e. The highest BCUT2D eigenvalue weighted by Crippen LogP contribution is 2.30. The molecule has 3 rings (SSSR count). The standard InChI is InChI=1S/C24H27N5O3S/c1-12-10-14(3)20(25-17(6)30)18(11-12)21-23(32)27-24(29-28-21)33-16(5)22(31)26-19-9-7-8-13(2)15(19)4/h7-11,16H,1-6H3,(H,25,30)(H,26,31)(H,27,29,32)/t16-/m1/s1. The van der Waals surface area contributed by atoms with Gasteiger partial charge in [0.1, 0.15) is 0 Å². The van der Waals surface area contributed by atoms with Gasteiger partial charge in [0.15, 0.2) is 10.9 Å². The molecular weight excluding hydrogens is 438 g/mol. The third-order valence-electron chi connectivity index (χ3n) is 5.23. The third kappa shape index (κ3) is 5.67. The van der Waals surface area contributed by atoms with E-state index in [9.17, 15) is 14.4 Å². The number of thioether (sulfide) groups is 1. The summed E-state index contributed by atoms with van der Waals surface area (Å²) < 4.78 is 0. The molecule has 0 saturated carbocycles. The Morgan fingerprint density at radius 3 is 2.42 bits per heavy atom. The van der Waals surface area contributed by atoms with Crippen molar-refractivity contribution in [2.75, 3.05) is 10.6 Å². The van der Waals surface area contributed by atoms with E-state index in [-0.39, 0.29) is 22.7 Å². The second kappa shape index (κ2) is 9.99. The number of aryl methyl sites for hydroxylation is 3. The van der Waals surface area contributed by atoms with Gasteiger partial charge in [-0.2, -0.15) is 0 Å². The van der Waals surface area contributed by atoms with E-state index >= 15 is 0 Å². The average Bonchev–Trinajstić information content (AvgIpc) is 2.73. The topological polar surface area (TPSA) is 117 Å². The summed E-state index contributed by atoms with van der Waals surface area (Å²) >= 11 is 1.11. The van der Waals surface area contributed by atoms with Gasteiger partial charge in [0.2, 0.25) is 11.8 Å². The highest BCUT2D eigenvalue weighted by molar-refractivity contribution is 8.00. The SMILES string of the molecule is CC(=O)Nc1c(C)cc(C)cc1-c1nnc(S[C@H](C)C(=O)Nc2cccc(C)c2C)[nH]c1=O. The van der Waals surface area contributed by atoms with Crippen molar-refractivity contribution in [1.82, 2.24) is 15.2 Å². The van der Waals surface area contributed by atoms with E-state index in [0.29, 0.717) is 11.3 Å². The van der Waals surface area contributed by atoms with Crippen molar-refractivity contribution in [1.29, 1.82) is 0 Å². The number of carbonyl (C=O) groups is 2. The molecule has 0 spiro atoms. The molecule has 3 aromatic rings. The molecule has 8 nitrogen and oxygen atoms in total. The Kier molecular flexibility index (Phi) is 7.33. The monoisotopic (exact) mass is 465 g/mol. The van der Waals surface area contributed by atoms with Crippen molar-refractivity contribution >= 4 is 35.0 Å². The first-order valence-electron chi connectivity index (χ1n) is 10.5. The van der Waals surface area contributed by atoms with Gasteiger partial charge < -0.3 is 10.6 Å². The molecule has 2 aromatic carbocycles. The van der Waals surface area contributed by atoms with Crippen molar-refractivity contribution < 1.29 is 9.59 Å². The van der Waals surface area contributed by atoms with Crippen molar-refractivity contribution in [3.8, 4) is 11.3 Å². The van der Waals surface area contributed by atoms with Crippen molar-refractivity contribution in [3.63, 3.8) is 0 Å². The molecule has 0 saturated heterocycles. The van der Waals surface area contributed by atoms with Crippen LogP contribution < -0.4 is 16.2 Å². The van der Waals surface area contributed by atoms with Gasteiger partial charge in [-0.05, 0) is 63.4 Å². The molecule has 9 heteroatoms. The first-order chi connectivity index (χ1) is 15.6. The van der Waals surface area contributed by atoms with Crippen LogP contribution in [-0.2, 0) is 9.59 Å². The van der Waals surface area contributed by atoms with Gasteiger partial charge in [-0.1, -0.05) is 35.5 Å². The summed E-state index contributed by atoms with van der Waals surface area (Å²) in [5.41, 5.74) is 5.25. The molecule has 3 N–H and O–H groups in total. The lowest BCUT2D eigenvalue weighted by molar-refractivity contribution is -0.115. The number of nitrogens with one attached hydrogen (secondary N) is 3. The molecule has 1 atom stereocenters. The normalized spacial score (nSPS) is 11.7. The lowest BCUT2D eigenvalue weighted by Crippen LogP contribution is -2.24. The first kappa shape index (κ1) is 24.2. The van der Waals surface area contributed by atoms with Crippen molar-refractivity contribution in [2.45, 2.75) is 51.9 Å². The number of aromatic nitrogens is 3. The molecule has 1 heterocycles. The molecule has 33 heavy (non-hydrogen) atoms. The summed E-state index contributed by atoms with van der Waals surface area (Å²) in [6.07, 6.45) is 0. The van der Waals surface area contributed by atoms with Crippen LogP contribution in [0.5, 0.6) is 0 Å². The molecule has 2 amide bonds. The number of benzene rings is 2. The number of H-pyrrole nitrogens is 1. The van der Waals surface area contributed by atoms with Crippen LogP contribution in [0.25, 0.3) is 11.3 Å². The minimum absolute atomic E-state index is 0.0994. The van der Waals surface area contributed by atoms with Gasteiger partial charge >= 0.3 is 0 Å². The van der Waals surface area contributed by atoms with E-state index in [1.165, 1.54) is 6.92 Å². The highest BCUT2D eigenvalue weighted by Gasteiger charge is 2.20. The molecular formula is C24H27N5O3S. The summed E-state index contributed by atoms with van der Waals surface area (Å²) in [5, 5.41) is 13.7. The minimum Gasteiger partial charge on any atom is -0.325 e. The van der Waals surface area contributed by atoms with E-state index in [1.807, 2.05) is 52.0 Å². The van der Waals surface area contributed by atoms with E-state index in [2.05, 4.69) is 25.8 Å². The van der Waals surface area contributed by atoms with Gasteiger partial charge in [0, 0.05) is 18.2 Å². The molecule has 0 fully saturated rings. The number of rotatable bonds is 6. The molecule has 0 unspecified atom stereocenters. The molecule has 172 valence electrons. The summed E-state index contributed by atoms with van der Waals surface area (Å²) in [7, 11) is 0. The number of aromatic amines is 1. The van der Waals surface area contributed by atoms with Crippen LogP contribution in [0.15, 0.2) is 40.3 Å². The minimum atomic E-state index is -0.517. The zero-order chi connectivity index (χ0) is 24.3. The Bertz CT molecular complexity index is 1290. The molecule has 1 aromatic heterocycles. The molecule has 0 radical (unpaired) electrons. The van der Waals surface area contributed by atoms with E-state index in [1.54, 1.807) is 13.0 Å². The summed E-state index contributed by atoms with van der Waals surface area (Å²) in [5.74, 6) is -0.453. The number of amides is 2. The van der Waals surface area contributed by atoms with Crippen LogP contribution in [0.2, 0.25) is 0 Å². The Balaban J connectivity index is 1.83. The predicted molar refractivity (Wildman–Crippen MR) is 132 cm³/mol. The smallest absolute Gasteiger partial charge is 0.278 e. The first-order valence-corrected chi connectivity index (χ1v) is 11.3. The second-order valence-electron chi connectivity index (χ2n) is 7.99. The van der Waals surface area contributed by atoms with Crippen molar-refractivity contribution in [2.24, 2.45) is 0 Å². The summed E-state index contributed by atoms with van der Waals surface area (Å²) in [4.78, 5) is 39.9. The Morgan fingerprint density at radius 1 is 1.03 bits per heavy atom. The third-order valence-corrected chi connectivity index (χ3v) is 6.21. The molecule has 0 aliphatic rings. The number of hydrogen-bond acceptors (Lipinski definition) is 6. The lowest BCUT2D eigenvalue weighted by Gasteiger charge is -2.15. The maximum atomic E-state index is 12.8. The van der Waals surface area contributed by atoms with Crippen LogP contribution >= 0.6 is 11.8 Å². The van der Waals surface area contributed by atoms with Gasteiger partial charge in [0.05, 0.1) is 10.9 Å². The molecule has 0 aliphatic heterocycles. The van der Waals surface area contributed by atoms with Gasteiger partial charge in [-0.3, -0.25) is 19.4 Å². The van der Waals surface area contributed by atoms with E-state index < -0.39 is 10.8 Å². The molecule has 0 aliphatic carbocycles. The van der Waals surface area contributed by atoms with Crippen LogP contribution in [0, 0.1) is 27.7 Å². The summed E-state index contributed by atoms with van der Waals surface area (Å²) in [6, 6.07) is 9.42. The second-order valence-corrected chi connectivity index (χ2v) is 9.32. The van der Waals surface area contributed by atoms with Gasteiger partial charge in [-0.25, -0.2) is 0 Å². The fourth-order valence-corrected chi connectivity index (χ4v) is 4.13. The predicted octanol–water partition coefficient (Wildman–Crippen LogP) is 4.14. The van der Waals surface area contributed by atoms with Crippen LogP contribution in [-0.4, -0.2) is 32.2 Å². The number of nitrogens with zero attached hydrogens (tertiary/aromatic N) is 2.